The van der Waals surface area contributed by atoms with Crippen molar-refractivity contribution in [3.8, 4) is 0 Å². The van der Waals surface area contributed by atoms with Gasteiger partial charge in [-0.05, 0) is 0 Å². The van der Waals surface area contributed by atoms with Crippen LogP contribution in [0.15, 0.2) is 12.7 Å². The summed E-state index contributed by atoms with van der Waals surface area (Å²) in [5, 5.41) is 0. The fourth-order valence-corrected chi connectivity index (χ4v) is 1.59. The maximum absolute atomic E-state index is 11.6. The molecule has 4 heteroatoms. The zero-order valence-corrected chi connectivity index (χ0v) is 8.07. The van der Waals surface area contributed by atoms with E-state index in [1.165, 1.54) is 0 Å². The van der Waals surface area contributed by atoms with Gasteiger partial charge in [0.15, 0.2) is 0 Å². The molecule has 13 heavy (non-hydrogen) atoms. The van der Waals surface area contributed by atoms with Crippen molar-refractivity contribution in [2.45, 2.75) is 6.04 Å². The minimum atomic E-state index is -0.156. The molecule has 1 rings (SSSR count). The van der Waals surface area contributed by atoms with Crippen LogP contribution in [-0.4, -0.2) is 55.0 Å². The number of amides is 1. The van der Waals surface area contributed by atoms with E-state index in [1.807, 2.05) is 7.05 Å². The predicted octanol–water partition coefficient (Wildman–Crippen LogP) is -0.726. The van der Waals surface area contributed by atoms with E-state index < -0.39 is 0 Å². The molecular weight excluding hydrogens is 166 g/mol. The van der Waals surface area contributed by atoms with Gasteiger partial charge >= 0.3 is 0 Å². The number of hydrogen-bond acceptors (Lipinski definition) is 3. The molecule has 0 aromatic heterocycles. The molecule has 1 fully saturated rings. The number of likely N-dealkylation sites (N-methyl/N-ethyl adjacent to an activating group) is 1. The lowest BCUT2D eigenvalue weighted by Gasteiger charge is -2.37. The second kappa shape index (κ2) is 4.39. The number of hydrogen-bond donors (Lipinski definition) is 1. The summed E-state index contributed by atoms with van der Waals surface area (Å²) in [6.45, 7) is 6.45. The summed E-state index contributed by atoms with van der Waals surface area (Å²) in [5.74, 6) is 0.121. The quantitative estimate of drug-likeness (QED) is 0.587. The molecule has 0 bridgehead atoms. The molecule has 1 aliphatic rings. The summed E-state index contributed by atoms with van der Waals surface area (Å²) < 4.78 is 0. The maximum Gasteiger partial charge on any atom is 0.241 e. The molecule has 0 aliphatic carbocycles. The summed E-state index contributed by atoms with van der Waals surface area (Å²) in [4.78, 5) is 15.4. The monoisotopic (exact) mass is 183 g/mol. The summed E-state index contributed by atoms with van der Waals surface area (Å²) in [7, 11) is 1.82. The van der Waals surface area contributed by atoms with Crippen LogP contribution in [0.2, 0.25) is 0 Å². The van der Waals surface area contributed by atoms with Crippen LogP contribution in [0.5, 0.6) is 0 Å². The highest BCUT2D eigenvalue weighted by molar-refractivity contribution is 5.82. The number of carbonyl (C=O) groups excluding carboxylic acids is 1. The molecule has 1 aliphatic heterocycles. The largest absolute Gasteiger partial charge is 0.343 e. The zero-order chi connectivity index (χ0) is 9.84. The lowest BCUT2D eigenvalue weighted by molar-refractivity contribution is -0.139. The van der Waals surface area contributed by atoms with E-state index in [9.17, 15) is 4.79 Å². The van der Waals surface area contributed by atoms with Gasteiger partial charge in [-0.1, -0.05) is 6.08 Å². The van der Waals surface area contributed by atoms with Gasteiger partial charge in [-0.2, -0.15) is 0 Å². The summed E-state index contributed by atoms with van der Waals surface area (Å²) in [5.41, 5.74) is 5.55. The molecule has 0 saturated carbocycles. The van der Waals surface area contributed by atoms with E-state index in [4.69, 9.17) is 5.73 Å². The topological polar surface area (TPSA) is 49.6 Å². The van der Waals surface area contributed by atoms with Crippen LogP contribution in [0, 0.1) is 0 Å². The van der Waals surface area contributed by atoms with Gasteiger partial charge in [-0.3, -0.25) is 9.69 Å². The third-order valence-corrected chi connectivity index (χ3v) is 2.41. The van der Waals surface area contributed by atoms with Crippen LogP contribution in [0.3, 0.4) is 0 Å². The van der Waals surface area contributed by atoms with Crippen molar-refractivity contribution >= 4 is 5.91 Å². The second-order valence-corrected chi connectivity index (χ2v) is 3.29. The van der Waals surface area contributed by atoms with Crippen LogP contribution < -0.4 is 5.73 Å². The lowest BCUT2D eigenvalue weighted by atomic mass is 10.1. The van der Waals surface area contributed by atoms with Crippen molar-refractivity contribution in [2.24, 2.45) is 5.73 Å². The first kappa shape index (κ1) is 10.2. The normalized spacial score (nSPS) is 24.9. The van der Waals surface area contributed by atoms with Gasteiger partial charge in [0, 0.05) is 33.2 Å². The Morgan fingerprint density at radius 2 is 2.38 bits per heavy atom. The van der Waals surface area contributed by atoms with Crippen molar-refractivity contribution in [1.82, 2.24) is 9.80 Å². The first-order valence-electron chi connectivity index (χ1n) is 4.50. The third-order valence-electron chi connectivity index (χ3n) is 2.41. The van der Waals surface area contributed by atoms with Gasteiger partial charge in [0.25, 0.3) is 0 Å². The van der Waals surface area contributed by atoms with E-state index in [0.717, 1.165) is 19.6 Å². The predicted molar refractivity (Wildman–Crippen MR) is 52.2 cm³/mol. The Morgan fingerprint density at radius 3 is 2.92 bits per heavy atom. The highest BCUT2D eigenvalue weighted by Crippen LogP contribution is 2.08. The number of nitrogens with two attached hydrogens (primary N) is 1. The zero-order valence-electron chi connectivity index (χ0n) is 8.07. The van der Waals surface area contributed by atoms with Crippen molar-refractivity contribution < 1.29 is 4.79 Å². The number of piperazine rings is 1. The molecule has 1 heterocycles. The van der Waals surface area contributed by atoms with Gasteiger partial charge in [0.05, 0.1) is 0 Å². The van der Waals surface area contributed by atoms with Gasteiger partial charge in [-0.25, -0.2) is 0 Å². The average Bonchev–Trinajstić information content (AvgIpc) is 2.12. The summed E-state index contributed by atoms with van der Waals surface area (Å²) in [6, 6.07) is -0.156. The minimum Gasteiger partial charge on any atom is -0.343 e. The molecule has 0 spiro atoms. The molecular formula is C9H17N3O. The highest BCUT2D eigenvalue weighted by atomic mass is 16.2. The van der Waals surface area contributed by atoms with Crippen LogP contribution in [0.1, 0.15) is 0 Å². The van der Waals surface area contributed by atoms with Gasteiger partial charge in [-0.15, -0.1) is 6.58 Å². The SMILES string of the molecule is C=CCN1CCN(C)C(=O)C1CN. The molecule has 1 atom stereocenters. The van der Waals surface area contributed by atoms with Crippen molar-refractivity contribution in [2.75, 3.05) is 33.2 Å². The number of nitrogens with zero attached hydrogens (tertiary/aromatic N) is 2. The van der Waals surface area contributed by atoms with Crippen molar-refractivity contribution in [3.05, 3.63) is 12.7 Å². The van der Waals surface area contributed by atoms with E-state index in [-0.39, 0.29) is 11.9 Å². The lowest BCUT2D eigenvalue weighted by Crippen LogP contribution is -2.58. The van der Waals surface area contributed by atoms with Crippen LogP contribution in [0.4, 0.5) is 0 Å². The molecule has 74 valence electrons. The number of rotatable bonds is 3. The third kappa shape index (κ3) is 2.08. The molecule has 0 aromatic rings. The maximum atomic E-state index is 11.6. The van der Waals surface area contributed by atoms with Gasteiger partial charge in [0.2, 0.25) is 5.91 Å². The Labute approximate surface area is 79.0 Å². The molecule has 4 nitrogen and oxygen atoms in total. The van der Waals surface area contributed by atoms with Gasteiger partial charge < -0.3 is 10.6 Å². The minimum absolute atomic E-state index is 0.121. The van der Waals surface area contributed by atoms with Gasteiger partial charge in [0.1, 0.15) is 6.04 Å². The average molecular weight is 183 g/mol. The van der Waals surface area contributed by atoms with Crippen LogP contribution in [0.25, 0.3) is 0 Å². The molecule has 0 radical (unpaired) electrons. The number of carbonyl (C=O) groups is 1. The summed E-state index contributed by atoms with van der Waals surface area (Å²) in [6.07, 6.45) is 1.81. The Bertz CT molecular complexity index is 205. The van der Waals surface area contributed by atoms with Crippen molar-refractivity contribution in [1.29, 1.82) is 0 Å². The van der Waals surface area contributed by atoms with Crippen molar-refractivity contribution in [3.63, 3.8) is 0 Å². The second-order valence-electron chi connectivity index (χ2n) is 3.29. The molecule has 2 N–H and O–H groups in total. The fourth-order valence-electron chi connectivity index (χ4n) is 1.59. The fraction of sp³-hybridized carbons (Fsp3) is 0.667. The highest BCUT2D eigenvalue weighted by Gasteiger charge is 2.30. The summed E-state index contributed by atoms with van der Waals surface area (Å²) >= 11 is 0. The van der Waals surface area contributed by atoms with E-state index in [2.05, 4.69) is 11.5 Å². The Balaban J connectivity index is 2.65. The Morgan fingerprint density at radius 1 is 1.69 bits per heavy atom. The Hall–Kier alpha value is -0.870. The molecule has 0 aromatic carbocycles. The molecule has 1 saturated heterocycles. The first-order valence-corrected chi connectivity index (χ1v) is 4.50. The van der Waals surface area contributed by atoms with E-state index >= 15 is 0 Å². The standard InChI is InChI=1S/C9H17N3O/c1-3-4-12-6-5-11(2)9(13)8(12)7-10/h3,8H,1,4-7,10H2,2H3. The first-order chi connectivity index (χ1) is 6.20. The van der Waals surface area contributed by atoms with Crippen LogP contribution >= 0.6 is 0 Å². The smallest absolute Gasteiger partial charge is 0.241 e. The Kier molecular flexibility index (Phi) is 3.45. The molecule has 1 amide bonds. The van der Waals surface area contributed by atoms with Crippen LogP contribution in [-0.2, 0) is 4.79 Å². The van der Waals surface area contributed by atoms with E-state index in [1.54, 1.807) is 11.0 Å². The van der Waals surface area contributed by atoms with E-state index in [0.29, 0.717) is 6.54 Å². The molecule has 1 unspecified atom stereocenters.